The summed E-state index contributed by atoms with van der Waals surface area (Å²) >= 11 is 0. The molecule has 1 rings (SSSR count). The molecule has 0 amide bonds. The van der Waals surface area contributed by atoms with Crippen molar-refractivity contribution in [3.05, 3.63) is 24.3 Å². The highest BCUT2D eigenvalue weighted by Crippen LogP contribution is 2.16. The van der Waals surface area contributed by atoms with E-state index in [1.165, 1.54) is 6.92 Å². The number of benzene rings is 1. The van der Waals surface area contributed by atoms with Crippen LogP contribution in [0, 0.1) is 0 Å². The maximum absolute atomic E-state index is 12.5. The zero-order valence-corrected chi connectivity index (χ0v) is 9.48. The third-order valence-corrected chi connectivity index (χ3v) is 4.43. The maximum Gasteiger partial charge on any atom is 0.332 e. The molecule has 0 aliphatic rings. The van der Waals surface area contributed by atoms with Gasteiger partial charge in [-0.2, -0.15) is 8.42 Å². The minimum Gasteiger partial charge on any atom is -0.224 e. The minimum absolute atomic E-state index is 0.0163. The number of hydrogen-bond acceptors (Lipinski definition) is 4. The zero-order chi connectivity index (χ0) is 11.7. The summed E-state index contributed by atoms with van der Waals surface area (Å²) in [4.78, 5) is -0.560. The van der Waals surface area contributed by atoms with E-state index in [1.807, 2.05) is 0 Å². The standard InChI is InChI=1S/C8H9FO4S2/c1-2-14(10,11)7-3-5-8(6-4-7)15(9,12)13/h3-6H,2H2,1H3. The van der Waals surface area contributed by atoms with Crippen LogP contribution in [-0.4, -0.2) is 22.6 Å². The van der Waals surface area contributed by atoms with Crippen LogP contribution in [0.1, 0.15) is 6.92 Å². The van der Waals surface area contributed by atoms with E-state index in [1.54, 1.807) is 0 Å². The van der Waals surface area contributed by atoms with Gasteiger partial charge in [0.1, 0.15) is 0 Å². The fourth-order valence-corrected chi connectivity index (χ4v) is 2.32. The molecule has 4 nitrogen and oxygen atoms in total. The molecular weight excluding hydrogens is 243 g/mol. The Morgan fingerprint density at radius 1 is 1.00 bits per heavy atom. The molecule has 0 aromatic heterocycles. The Morgan fingerprint density at radius 3 is 1.73 bits per heavy atom. The predicted octanol–water partition coefficient (Wildman–Crippen LogP) is 1.14. The zero-order valence-electron chi connectivity index (χ0n) is 7.84. The maximum atomic E-state index is 12.5. The number of hydrogen-bond donors (Lipinski definition) is 0. The molecular formula is C8H9FO4S2. The molecule has 0 N–H and O–H groups in total. The highest BCUT2D eigenvalue weighted by atomic mass is 32.3. The quantitative estimate of drug-likeness (QED) is 0.756. The van der Waals surface area contributed by atoms with Gasteiger partial charge in [0, 0.05) is 0 Å². The van der Waals surface area contributed by atoms with E-state index in [4.69, 9.17) is 0 Å². The van der Waals surface area contributed by atoms with Crippen molar-refractivity contribution in [1.82, 2.24) is 0 Å². The summed E-state index contributed by atoms with van der Waals surface area (Å²) in [6.45, 7) is 1.47. The molecule has 1 aromatic carbocycles. The topological polar surface area (TPSA) is 68.3 Å². The van der Waals surface area contributed by atoms with E-state index in [2.05, 4.69) is 0 Å². The molecule has 0 radical (unpaired) electrons. The lowest BCUT2D eigenvalue weighted by atomic mass is 10.4. The first kappa shape index (κ1) is 12.1. The molecule has 0 saturated carbocycles. The van der Waals surface area contributed by atoms with Crippen molar-refractivity contribution < 1.29 is 20.7 Å². The van der Waals surface area contributed by atoms with Crippen LogP contribution < -0.4 is 0 Å². The summed E-state index contributed by atoms with van der Waals surface area (Å²) in [7, 11) is -8.14. The van der Waals surface area contributed by atoms with Crippen LogP contribution in [-0.2, 0) is 20.1 Å². The van der Waals surface area contributed by atoms with Crippen LogP contribution in [0.5, 0.6) is 0 Å². The Morgan fingerprint density at radius 2 is 1.40 bits per heavy atom. The summed E-state index contributed by atoms with van der Waals surface area (Å²) < 4.78 is 56.0. The third kappa shape index (κ3) is 2.75. The van der Waals surface area contributed by atoms with Crippen molar-refractivity contribution in [2.75, 3.05) is 5.75 Å². The van der Waals surface area contributed by atoms with E-state index in [9.17, 15) is 20.7 Å². The second-order valence-electron chi connectivity index (χ2n) is 2.81. The molecule has 0 aliphatic carbocycles. The van der Waals surface area contributed by atoms with Crippen molar-refractivity contribution in [1.29, 1.82) is 0 Å². The van der Waals surface area contributed by atoms with Crippen LogP contribution in [0.4, 0.5) is 3.89 Å². The molecule has 15 heavy (non-hydrogen) atoms. The van der Waals surface area contributed by atoms with Gasteiger partial charge < -0.3 is 0 Å². The van der Waals surface area contributed by atoms with Crippen molar-refractivity contribution in [3.63, 3.8) is 0 Å². The number of sulfone groups is 1. The first-order chi connectivity index (χ1) is 6.77. The molecule has 0 heterocycles. The monoisotopic (exact) mass is 252 g/mol. The second-order valence-corrected chi connectivity index (χ2v) is 6.44. The lowest BCUT2D eigenvalue weighted by molar-refractivity contribution is 0.551. The lowest BCUT2D eigenvalue weighted by Gasteiger charge is -2.01. The van der Waals surface area contributed by atoms with Gasteiger partial charge in [0.2, 0.25) is 0 Å². The molecule has 1 aromatic rings. The fourth-order valence-electron chi connectivity index (χ4n) is 0.976. The average Bonchev–Trinajstić information content (AvgIpc) is 2.17. The highest BCUT2D eigenvalue weighted by molar-refractivity contribution is 7.91. The van der Waals surface area contributed by atoms with E-state index < -0.39 is 25.0 Å². The van der Waals surface area contributed by atoms with E-state index >= 15 is 0 Å². The summed E-state index contributed by atoms with van der Waals surface area (Å²) in [5, 5.41) is 0. The predicted molar refractivity (Wildman–Crippen MR) is 52.5 cm³/mol. The first-order valence-corrected chi connectivity index (χ1v) is 7.08. The second kappa shape index (κ2) is 3.90. The summed E-state index contributed by atoms with van der Waals surface area (Å²) in [6, 6.07) is 4.01. The summed E-state index contributed by atoms with van der Waals surface area (Å²) in [5.74, 6) is -0.0886. The Labute approximate surface area is 87.9 Å². The first-order valence-electron chi connectivity index (χ1n) is 4.05. The molecule has 7 heteroatoms. The average molecular weight is 252 g/mol. The van der Waals surface area contributed by atoms with Gasteiger partial charge in [-0.25, -0.2) is 8.42 Å². The molecule has 0 fully saturated rings. The SMILES string of the molecule is CCS(=O)(=O)c1ccc(S(=O)(=O)F)cc1. The Kier molecular flexibility index (Phi) is 3.15. The molecule has 84 valence electrons. The lowest BCUT2D eigenvalue weighted by Crippen LogP contribution is -2.03. The minimum atomic E-state index is -4.77. The Hall–Kier alpha value is -0.950. The van der Waals surface area contributed by atoms with E-state index in [0.717, 1.165) is 24.3 Å². The number of halogens is 1. The van der Waals surface area contributed by atoms with Gasteiger partial charge in [-0.3, -0.25) is 0 Å². The van der Waals surface area contributed by atoms with Gasteiger partial charge in [0.25, 0.3) is 0 Å². The third-order valence-electron chi connectivity index (χ3n) is 1.84. The molecule has 0 atom stereocenters. The molecule has 0 aliphatic heterocycles. The normalized spacial score (nSPS) is 12.7. The van der Waals surface area contributed by atoms with Crippen LogP contribution in [0.3, 0.4) is 0 Å². The Bertz CT molecular complexity index is 543. The smallest absolute Gasteiger partial charge is 0.224 e. The van der Waals surface area contributed by atoms with Gasteiger partial charge >= 0.3 is 10.2 Å². The van der Waals surface area contributed by atoms with Gasteiger partial charge in [-0.1, -0.05) is 6.92 Å². The molecule has 0 bridgehead atoms. The summed E-state index contributed by atoms with van der Waals surface area (Å²) in [5.41, 5.74) is 0. The highest BCUT2D eigenvalue weighted by Gasteiger charge is 2.15. The van der Waals surface area contributed by atoms with Crippen molar-refractivity contribution in [3.8, 4) is 0 Å². The van der Waals surface area contributed by atoms with Crippen molar-refractivity contribution in [2.24, 2.45) is 0 Å². The van der Waals surface area contributed by atoms with Crippen molar-refractivity contribution in [2.45, 2.75) is 16.7 Å². The fraction of sp³-hybridized carbons (Fsp3) is 0.250. The summed E-state index contributed by atoms with van der Waals surface area (Å²) in [6.07, 6.45) is 0. The van der Waals surface area contributed by atoms with Gasteiger partial charge in [0.15, 0.2) is 9.84 Å². The molecule has 0 spiro atoms. The number of rotatable bonds is 3. The van der Waals surface area contributed by atoms with Gasteiger partial charge in [0.05, 0.1) is 15.5 Å². The molecule has 0 saturated heterocycles. The van der Waals surface area contributed by atoms with Gasteiger partial charge in [-0.15, -0.1) is 3.89 Å². The van der Waals surface area contributed by atoms with Gasteiger partial charge in [-0.05, 0) is 24.3 Å². The Balaban J connectivity index is 3.24. The molecule has 0 unspecified atom stereocenters. The van der Waals surface area contributed by atoms with Crippen LogP contribution in [0.2, 0.25) is 0 Å². The van der Waals surface area contributed by atoms with Crippen LogP contribution in [0.25, 0.3) is 0 Å². The van der Waals surface area contributed by atoms with Crippen LogP contribution in [0.15, 0.2) is 34.1 Å². The van der Waals surface area contributed by atoms with E-state index in [0.29, 0.717) is 0 Å². The van der Waals surface area contributed by atoms with E-state index in [-0.39, 0.29) is 10.6 Å². The van der Waals surface area contributed by atoms with Crippen molar-refractivity contribution >= 4 is 20.1 Å². The van der Waals surface area contributed by atoms with Crippen LogP contribution >= 0.6 is 0 Å². The largest absolute Gasteiger partial charge is 0.332 e.